The minimum atomic E-state index is 0.832. The van der Waals surface area contributed by atoms with E-state index < -0.39 is 0 Å². The van der Waals surface area contributed by atoms with E-state index in [0.29, 0.717) is 0 Å². The summed E-state index contributed by atoms with van der Waals surface area (Å²) < 4.78 is 7.53. The fraction of sp³-hybridized carbons (Fsp3) is 0.0385. The molecule has 2 heterocycles. The summed E-state index contributed by atoms with van der Waals surface area (Å²) in [5.74, 6) is 0. The van der Waals surface area contributed by atoms with Crippen molar-refractivity contribution in [1.29, 1.82) is 0 Å². The van der Waals surface area contributed by atoms with Crippen LogP contribution in [0.5, 0.6) is 0 Å². The van der Waals surface area contributed by atoms with Crippen molar-refractivity contribution >= 4 is 77.7 Å². The van der Waals surface area contributed by atoms with Crippen molar-refractivity contribution in [3.05, 3.63) is 205 Å². The van der Waals surface area contributed by atoms with Crippen molar-refractivity contribution in [3.8, 4) is 22.3 Å². The predicted molar refractivity (Wildman–Crippen MR) is 238 cm³/mol. The Balaban J connectivity index is 1.26. The topological polar surface area (TPSA) is 13.1 Å². The molecule has 0 saturated carbocycles. The summed E-state index contributed by atoms with van der Waals surface area (Å²) in [4.78, 5) is 1.20. The molecule has 0 N–H and O–H groups in total. The number of thiophene rings is 1. The van der Waals surface area contributed by atoms with Crippen LogP contribution in [0.4, 0.5) is 0 Å². The quantitative estimate of drug-likeness (QED) is 0.136. The van der Waals surface area contributed by atoms with E-state index in [1.807, 2.05) is 36.4 Å². The van der Waals surface area contributed by atoms with Gasteiger partial charge in [-0.05, 0) is 132 Å². The summed E-state index contributed by atoms with van der Waals surface area (Å²) in [6.45, 7) is 16.3. The number of hydrogen-bond acceptors (Lipinski definition) is 2. The first-order chi connectivity index (χ1) is 26.6. The smallest absolute Gasteiger partial charge is 0.134 e. The molecule has 0 spiro atoms. The van der Waals surface area contributed by atoms with Gasteiger partial charge in [0, 0.05) is 20.3 Å². The van der Waals surface area contributed by atoms with E-state index >= 15 is 0 Å². The molecular formula is C52H40OS. The first-order valence-electron chi connectivity index (χ1n) is 18.3. The van der Waals surface area contributed by atoms with Gasteiger partial charge in [-0.3, -0.25) is 0 Å². The maximum Gasteiger partial charge on any atom is 0.134 e. The van der Waals surface area contributed by atoms with Gasteiger partial charge in [0.25, 0.3) is 0 Å². The summed E-state index contributed by atoms with van der Waals surface area (Å²) in [5.41, 5.74) is 8.63. The van der Waals surface area contributed by atoms with Gasteiger partial charge in [0.15, 0.2) is 0 Å². The molecule has 1 aliphatic rings. The molecule has 0 bridgehead atoms. The minimum Gasteiger partial charge on any atom is -0.464 e. The number of allylic oxidation sites excluding steroid dienone is 9. The SMILES string of the molecule is C=C/C=C\C(C=C)=C\C(=C)c1c2c(c(-c3cccc(-c4cccoc5cc6c(ccc7sc(/C=C\C=C)cc76)cc5cc4)c3)c3ccccc13)=CCCC=2. The van der Waals surface area contributed by atoms with Crippen LogP contribution in [-0.2, 0) is 0 Å². The molecule has 54 heavy (non-hydrogen) atoms. The summed E-state index contributed by atoms with van der Waals surface area (Å²) >= 11 is 1.78. The second kappa shape index (κ2) is 15.2. The second-order valence-electron chi connectivity index (χ2n) is 13.4. The molecule has 2 heteroatoms. The van der Waals surface area contributed by atoms with Crippen molar-refractivity contribution in [2.24, 2.45) is 0 Å². The Hall–Kier alpha value is -6.48. The highest BCUT2D eigenvalue weighted by Gasteiger charge is 2.16. The van der Waals surface area contributed by atoms with Gasteiger partial charge in [-0.1, -0.05) is 142 Å². The lowest BCUT2D eigenvalue weighted by atomic mass is 9.85. The van der Waals surface area contributed by atoms with Gasteiger partial charge >= 0.3 is 0 Å². The van der Waals surface area contributed by atoms with Gasteiger partial charge < -0.3 is 4.42 Å². The van der Waals surface area contributed by atoms with Crippen LogP contribution in [0.3, 0.4) is 0 Å². The molecule has 5 aromatic carbocycles. The van der Waals surface area contributed by atoms with Crippen molar-refractivity contribution in [3.63, 3.8) is 0 Å². The summed E-state index contributed by atoms with van der Waals surface area (Å²) in [5, 5.41) is 9.54. The van der Waals surface area contributed by atoms with E-state index in [9.17, 15) is 0 Å². The average Bonchev–Trinajstić information content (AvgIpc) is 3.67. The van der Waals surface area contributed by atoms with Gasteiger partial charge in [-0.2, -0.15) is 0 Å². The molecule has 0 saturated heterocycles. The first-order valence-corrected chi connectivity index (χ1v) is 19.1. The molecule has 8 rings (SSSR count). The van der Waals surface area contributed by atoms with Gasteiger partial charge in [0.2, 0.25) is 0 Å². The van der Waals surface area contributed by atoms with Gasteiger partial charge in [-0.25, -0.2) is 0 Å². The molecule has 2 aromatic heterocycles. The van der Waals surface area contributed by atoms with Gasteiger partial charge in [0.1, 0.15) is 5.58 Å². The van der Waals surface area contributed by atoms with E-state index in [4.69, 9.17) is 4.42 Å². The van der Waals surface area contributed by atoms with E-state index in [-0.39, 0.29) is 0 Å². The molecule has 0 unspecified atom stereocenters. The van der Waals surface area contributed by atoms with Crippen molar-refractivity contribution in [2.75, 3.05) is 0 Å². The maximum absolute atomic E-state index is 6.27. The van der Waals surface area contributed by atoms with E-state index in [1.165, 1.54) is 63.6 Å². The standard InChI is InChI=1S/C52H40OS/c1-5-8-16-36(7-3)30-35(4)51-43-21-10-12-23-45(43)52(46-24-13-11-22-44(46)51)41-18-14-17-38(31-41)37-19-15-29-53-49-34-47-39(32-40(49)26-25-37)27-28-50-48(47)33-42(54-50)20-9-6-2/h5-10,12,14-34H,1-4,11,13H2/b16-8-,20-9-,26-25?,29-15?,36-30+,37-19?. The Morgan fingerprint density at radius 1 is 0.648 bits per heavy atom. The third-order valence-electron chi connectivity index (χ3n) is 10.0. The van der Waals surface area contributed by atoms with Crippen LogP contribution in [0.2, 0.25) is 0 Å². The molecule has 1 nitrogen and oxygen atoms in total. The monoisotopic (exact) mass is 712 g/mol. The molecule has 0 atom stereocenters. The predicted octanol–water partition coefficient (Wildman–Crippen LogP) is 13.8. The molecule has 7 aromatic rings. The van der Waals surface area contributed by atoms with Crippen molar-refractivity contribution in [2.45, 2.75) is 12.8 Å². The van der Waals surface area contributed by atoms with Crippen LogP contribution >= 0.6 is 11.3 Å². The number of hydrogen-bond donors (Lipinski definition) is 0. The fourth-order valence-corrected chi connectivity index (χ4v) is 8.56. The third kappa shape index (κ3) is 6.65. The molecule has 0 amide bonds. The maximum atomic E-state index is 6.27. The molecule has 260 valence electrons. The number of rotatable bonds is 9. The van der Waals surface area contributed by atoms with Crippen molar-refractivity contribution in [1.82, 2.24) is 0 Å². The Morgan fingerprint density at radius 2 is 1.43 bits per heavy atom. The largest absolute Gasteiger partial charge is 0.464 e. The highest BCUT2D eigenvalue weighted by Crippen LogP contribution is 2.36. The van der Waals surface area contributed by atoms with Crippen molar-refractivity contribution < 1.29 is 4.42 Å². The molecule has 0 radical (unpaired) electrons. The van der Waals surface area contributed by atoms with Gasteiger partial charge in [-0.15, -0.1) is 11.3 Å². The van der Waals surface area contributed by atoms with Crippen LogP contribution in [-0.4, -0.2) is 0 Å². The van der Waals surface area contributed by atoms with Crippen LogP contribution in [0, 0.1) is 0 Å². The zero-order valence-electron chi connectivity index (χ0n) is 30.2. The normalized spacial score (nSPS) is 12.9. The van der Waals surface area contributed by atoms with E-state index in [2.05, 4.69) is 148 Å². The molecule has 1 aliphatic carbocycles. The Bertz CT molecular complexity index is 2950. The lowest BCUT2D eigenvalue weighted by molar-refractivity contribution is 0.607. The molecule has 0 aliphatic heterocycles. The third-order valence-corrected chi connectivity index (χ3v) is 11.1. The van der Waals surface area contributed by atoms with Crippen LogP contribution < -0.4 is 10.4 Å². The van der Waals surface area contributed by atoms with Crippen LogP contribution in [0.15, 0.2) is 188 Å². The summed E-state index contributed by atoms with van der Waals surface area (Å²) in [7, 11) is 0. The summed E-state index contributed by atoms with van der Waals surface area (Å²) in [6, 6.07) is 37.2. The van der Waals surface area contributed by atoms with E-state index in [1.54, 1.807) is 23.7 Å². The fourth-order valence-electron chi connectivity index (χ4n) is 7.57. The van der Waals surface area contributed by atoms with E-state index in [0.717, 1.165) is 46.1 Å². The lowest BCUT2D eigenvalue weighted by Crippen LogP contribution is -2.32. The summed E-state index contributed by atoms with van der Waals surface area (Å²) in [6.07, 6.45) is 24.2. The molecular weight excluding hydrogens is 673 g/mol. The zero-order valence-corrected chi connectivity index (χ0v) is 31.0. The van der Waals surface area contributed by atoms with Crippen LogP contribution in [0.1, 0.15) is 23.3 Å². The average molecular weight is 713 g/mol. The molecule has 0 fully saturated rings. The Kier molecular flexibility index (Phi) is 9.77. The first kappa shape index (κ1) is 34.6. The van der Waals surface area contributed by atoms with Gasteiger partial charge in [0.05, 0.1) is 6.26 Å². The number of fused-ring (bicyclic) bond motifs is 6. The van der Waals surface area contributed by atoms with Crippen LogP contribution in [0.25, 0.3) is 88.7 Å². The zero-order chi connectivity index (χ0) is 37.0. The second-order valence-corrected chi connectivity index (χ2v) is 14.5. The number of benzene rings is 5. The Morgan fingerprint density at radius 3 is 2.26 bits per heavy atom. The lowest BCUT2D eigenvalue weighted by Gasteiger charge is -2.18. The highest BCUT2D eigenvalue weighted by molar-refractivity contribution is 7.20. The minimum absolute atomic E-state index is 0.832. The Labute approximate surface area is 320 Å². The highest BCUT2D eigenvalue weighted by atomic mass is 32.1.